The molecule has 0 radical (unpaired) electrons. The second-order valence-electron chi connectivity index (χ2n) is 8.40. The zero-order valence-corrected chi connectivity index (χ0v) is 20.0. The van der Waals surface area contributed by atoms with Crippen molar-refractivity contribution in [1.82, 2.24) is 9.62 Å². The summed E-state index contributed by atoms with van der Waals surface area (Å²) in [6.45, 7) is 4.48. The molecule has 2 heterocycles. The lowest BCUT2D eigenvalue weighted by Crippen LogP contribution is -2.36. The Bertz CT molecular complexity index is 1190. The van der Waals surface area contributed by atoms with Crippen LogP contribution in [-0.4, -0.2) is 50.6 Å². The Balaban J connectivity index is 1.38. The third-order valence-corrected chi connectivity index (χ3v) is 7.95. The number of carbonyl (C=O) groups excluding carboxylic acids is 2. The average Bonchev–Trinajstić information content (AvgIpc) is 3.31. The summed E-state index contributed by atoms with van der Waals surface area (Å²) in [4.78, 5) is 25.2. The monoisotopic (exact) mass is 488 g/mol. The summed E-state index contributed by atoms with van der Waals surface area (Å²) in [5.74, 6) is 0.0261. The second-order valence-corrected chi connectivity index (χ2v) is 10.3. The van der Waals surface area contributed by atoms with Crippen LogP contribution in [0.1, 0.15) is 47.7 Å². The summed E-state index contributed by atoms with van der Waals surface area (Å²) in [7, 11) is -3.71. The van der Waals surface area contributed by atoms with Crippen LogP contribution in [0, 0.1) is 6.92 Å². The molecule has 1 amide bonds. The highest BCUT2D eigenvalue weighted by molar-refractivity contribution is 7.89. The van der Waals surface area contributed by atoms with Gasteiger partial charge in [-0.05, 0) is 62.1 Å². The lowest BCUT2D eigenvalue weighted by atomic mass is 10.1. The Morgan fingerprint density at radius 1 is 1.06 bits per heavy atom. The number of aryl methyl sites for hydroxylation is 1. The van der Waals surface area contributed by atoms with Crippen molar-refractivity contribution in [3.05, 3.63) is 53.1 Å². The summed E-state index contributed by atoms with van der Waals surface area (Å²) in [5.41, 5.74) is 1.44. The SMILES string of the molecule is Cc1ccc(C(=O)O[C@H](C)C(=O)NCc2ccc3c(c2)OCO3)cc1S(=O)(=O)N1CCCCC1. The van der Waals surface area contributed by atoms with Crippen molar-refractivity contribution in [2.45, 2.75) is 50.7 Å². The molecule has 4 rings (SSSR count). The molecule has 10 heteroatoms. The first-order valence-corrected chi connectivity index (χ1v) is 12.7. The topological polar surface area (TPSA) is 111 Å². The third kappa shape index (κ3) is 5.18. The van der Waals surface area contributed by atoms with Crippen LogP contribution in [0.3, 0.4) is 0 Å². The summed E-state index contributed by atoms with van der Waals surface area (Å²) in [6, 6.07) is 9.76. The fraction of sp³-hybridized carbons (Fsp3) is 0.417. The highest BCUT2D eigenvalue weighted by Crippen LogP contribution is 2.32. The maximum absolute atomic E-state index is 13.1. The van der Waals surface area contributed by atoms with E-state index in [1.807, 2.05) is 0 Å². The smallest absolute Gasteiger partial charge is 0.338 e. The Morgan fingerprint density at radius 3 is 2.56 bits per heavy atom. The number of benzene rings is 2. The van der Waals surface area contributed by atoms with Gasteiger partial charge in [0.2, 0.25) is 16.8 Å². The molecule has 9 nitrogen and oxygen atoms in total. The van der Waals surface area contributed by atoms with Crippen LogP contribution < -0.4 is 14.8 Å². The van der Waals surface area contributed by atoms with Gasteiger partial charge < -0.3 is 19.5 Å². The molecule has 34 heavy (non-hydrogen) atoms. The van der Waals surface area contributed by atoms with Gasteiger partial charge in [0, 0.05) is 19.6 Å². The lowest BCUT2D eigenvalue weighted by Gasteiger charge is -2.26. The van der Waals surface area contributed by atoms with Crippen LogP contribution in [0.5, 0.6) is 11.5 Å². The van der Waals surface area contributed by atoms with Gasteiger partial charge in [0.15, 0.2) is 17.6 Å². The molecule has 1 fully saturated rings. The van der Waals surface area contributed by atoms with Gasteiger partial charge in [-0.2, -0.15) is 4.31 Å². The molecule has 2 aliphatic rings. The van der Waals surface area contributed by atoms with E-state index in [0.717, 1.165) is 24.8 Å². The highest BCUT2D eigenvalue weighted by Gasteiger charge is 2.29. The number of nitrogens with zero attached hydrogens (tertiary/aromatic N) is 1. The predicted molar refractivity (Wildman–Crippen MR) is 123 cm³/mol. The molecule has 2 aliphatic heterocycles. The first kappa shape index (κ1) is 24.0. The van der Waals surface area contributed by atoms with Crippen LogP contribution in [0.4, 0.5) is 0 Å². The first-order chi connectivity index (χ1) is 16.3. The minimum Gasteiger partial charge on any atom is -0.454 e. The standard InChI is InChI=1S/C24H28N2O7S/c1-16-6-8-19(13-22(16)34(29,30)26-10-4-3-5-11-26)24(28)33-17(2)23(27)25-14-18-7-9-20-21(12-18)32-15-31-20/h6-9,12-13,17H,3-5,10-11,14-15H2,1-2H3,(H,25,27)/t17-/m1/s1. The number of ether oxygens (including phenoxy) is 3. The van der Waals surface area contributed by atoms with Gasteiger partial charge in [0.05, 0.1) is 10.5 Å². The van der Waals surface area contributed by atoms with Gasteiger partial charge in [-0.3, -0.25) is 4.79 Å². The molecule has 182 valence electrons. The molecule has 2 aromatic rings. The molecule has 0 aromatic heterocycles. The Labute approximate surface area is 199 Å². The first-order valence-electron chi connectivity index (χ1n) is 11.2. The molecule has 1 N–H and O–H groups in total. The minimum absolute atomic E-state index is 0.0802. The minimum atomic E-state index is -3.71. The summed E-state index contributed by atoms with van der Waals surface area (Å²) < 4.78 is 43.6. The van der Waals surface area contributed by atoms with E-state index in [0.29, 0.717) is 30.2 Å². The van der Waals surface area contributed by atoms with Crippen LogP contribution in [0.2, 0.25) is 0 Å². The zero-order valence-electron chi connectivity index (χ0n) is 19.2. The number of carbonyl (C=O) groups is 2. The summed E-state index contributed by atoms with van der Waals surface area (Å²) in [5, 5.41) is 2.72. The van der Waals surface area contributed by atoms with E-state index in [9.17, 15) is 18.0 Å². The average molecular weight is 489 g/mol. The number of hydrogen-bond donors (Lipinski definition) is 1. The van der Waals surface area contributed by atoms with Crippen LogP contribution in [-0.2, 0) is 26.1 Å². The number of amides is 1. The van der Waals surface area contributed by atoms with E-state index in [2.05, 4.69) is 5.32 Å². The largest absolute Gasteiger partial charge is 0.454 e. The number of hydrogen-bond acceptors (Lipinski definition) is 7. The quantitative estimate of drug-likeness (QED) is 0.597. The van der Waals surface area contributed by atoms with Crippen molar-refractivity contribution in [3.63, 3.8) is 0 Å². The molecular weight excluding hydrogens is 460 g/mol. The van der Waals surface area contributed by atoms with Crippen LogP contribution in [0.15, 0.2) is 41.3 Å². The maximum Gasteiger partial charge on any atom is 0.338 e. The summed E-state index contributed by atoms with van der Waals surface area (Å²) >= 11 is 0. The molecule has 2 aromatic carbocycles. The Kier molecular flexibility index (Phi) is 7.08. The Hall–Kier alpha value is -3.11. The van der Waals surface area contributed by atoms with Crippen LogP contribution in [0.25, 0.3) is 0 Å². The van der Waals surface area contributed by atoms with E-state index in [1.165, 1.54) is 23.4 Å². The van der Waals surface area contributed by atoms with Gasteiger partial charge in [-0.1, -0.05) is 18.6 Å². The van der Waals surface area contributed by atoms with Gasteiger partial charge in [0.25, 0.3) is 5.91 Å². The van der Waals surface area contributed by atoms with Crippen molar-refractivity contribution >= 4 is 21.9 Å². The van der Waals surface area contributed by atoms with E-state index in [-0.39, 0.29) is 23.8 Å². The molecule has 1 atom stereocenters. The number of fused-ring (bicyclic) bond motifs is 1. The van der Waals surface area contributed by atoms with E-state index in [1.54, 1.807) is 31.2 Å². The van der Waals surface area contributed by atoms with E-state index >= 15 is 0 Å². The van der Waals surface area contributed by atoms with Crippen molar-refractivity contribution in [2.75, 3.05) is 19.9 Å². The van der Waals surface area contributed by atoms with Gasteiger partial charge in [0.1, 0.15) is 0 Å². The fourth-order valence-corrected chi connectivity index (χ4v) is 5.68. The second kappa shape index (κ2) is 10.0. The number of sulfonamides is 1. The van der Waals surface area contributed by atoms with Crippen molar-refractivity contribution in [2.24, 2.45) is 0 Å². The lowest BCUT2D eigenvalue weighted by molar-refractivity contribution is -0.129. The molecule has 0 aliphatic carbocycles. The van der Waals surface area contributed by atoms with Crippen molar-refractivity contribution in [3.8, 4) is 11.5 Å². The molecule has 1 saturated heterocycles. The molecule has 0 saturated carbocycles. The normalized spacial score (nSPS) is 16.6. The Morgan fingerprint density at radius 2 is 1.79 bits per heavy atom. The highest BCUT2D eigenvalue weighted by atomic mass is 32.2. The number of rotatable bonds is 7. The van der Waals surface area contributed by atoms with Crippen molar-refractivity contribution in [1.29, 1.82) is 0 Å². The number of piperidine rings is 1. The maximum atomic E-state index is 13.1. The third-order valence-electron chi connectivity index (χ3n) is 5.91. The van der Waals surface area contributed by atoms with Crippen molar-refractivity contribution < 1.29 is 32.2 Å². The van der Waals surface area contributed by atoms with E-state index < -0.39 is 28.0 Å². The summed E-state index contributed by atoms with van der Waals surface area (Å²) in [6.07, 6.45) is 1.58. The van der Waals surface area contributed by atoms with Gasteiger partial charge >= 0.3 is 5.97 Å². The molecular formula is C24H28N2O7S. The van der Waals surface area contributed by atoms with E-state index in [4.69, 9.17) is 14.2 Å². The fourth-order valence-electron chi connectivity index (χ4n) is 3.92. The predicted octanol–water partition coefficient (Wildman–Crippen LogP) is 2.76. The number of esters is 1. The van der Waals surface area contributed by atoms with Gasteiger partial charge in [-0.15, -0.1) is 0 Å². The van der Waals surface area contributed by atoms with Crippen LogP contribution >= 0.6 is 0 Å². The molecule has 0 bridgehead atoms. The van der Waals surface area contributed by atoms with Gasteiger partial charge in [-0.25, -0.2) is 13.2 Å². The molecule has 0 unspecified atom stereocenters. The molecule has 0 spiro atoms. The zero-order chi connectivity index (χ0) is 24.3. The number of nitrogens with one attached hydrogen (secondary N) is 1.